The van der Waals surface area contributed by atoms with Gasteiger partial charge in [-0.05, 0) is 68.5 Å². The molecule has 6 unspecified atom stereocenters. The lowest BCUT2D eigenvalue weighted by atomic mass is 9.51. The molecule has 38 heavy (non-hydrogen) atoms. The number of hydrogen-bond acceptors (Lipinski definition) is 5. The van der Waals surface area contributed by atoms with Gasteiger partial charge in [0.15, 0.2) is 0 Å². The lowest BCUT2D eigenvalue weighted by Crippen LogP contribution is -2.48. The quantitative estimate of drug-likeness (QED) is 0.462. The van der Waals surface area contributed by atoms with Gasteiger partial charge in [-0.3, -0.25) is 24.1 Å². The van der Waals surface area contributed by atoms with E-state index in [9.17, 15) is 28.7 Å². The first-order chi connectivity index (χ1) is 18.1. The van der Waals surface area contributed by atoms with Crippen molar-refractivity contribution in [1.29, 1.82) is 0 Å². The van der Waals surface area contributed by atoms with Gasteiger partial charge >= 0.3 is 0 Å². The third kappa shape index (κ3) is 3.19. The minimum Gasteiger partial charge on any atom is -0.508 e. The molecule has 6 rings (SSSR count). The van der Waals surface area contributed by atoms with Crippen LogP contribution in [-0.4, -0.2) is 40.2 Å². The van der Waals surface area contributed by atoms with E-state index in [1.165, 1.54) is 23.1 Å². The van der Waals surface area contributed by atoms with E-state index in [4.69, 9.17) is 11.6 Å². The first-order valence-electron chi connectivity index (χ1n) is 12.8. The number of allylic oxidation sites excluding steroid dienone is 2. The van der Waals surface area contributed by atoms with Gasteiger partial charge in [0.2, 0.25) is 23.6 Å². The zero-order chi connectivity index (χ0) is 27.1. The molecule has 0 spiro atoms. The number of phenolic OH excluding ortho intramolecular Hbond substituents is 1. The molecule has 2 aromatic carbocycles. The molecule has 0 aromatic heterocycles. The SMILES string of the molecule is CCN1C(=O)C2CC=C3C(CC4C(=O)N(c5ccc(F)c(Cl)c5)C(=O)C4(C)C3c3cccc(O)c3)C2C1=O. The zero-order valence-electron chi connectivity index (χ0n) is 20.9. The molecular weight excluding hydrogens is 511 g/mol. The molecule has 196 valence electrons. The summed E-state index contributed by atoms with van der Waals surface area (Å²) in [5, 5.41) is 10.1. The number of rotatable bonds is 3. The second kappa shape index (κ2) is 8.50. The van der Waals surface area contributed by atoms with E-state index in [2.05, 4.69) is 0 Å². The predicted octanol–water partition coefficient (Wildman–Crippen LogP) is 4.44. The first-order valence-corrected chi connectivity index (χ1v) is 13.1. The van der Waals surface area contributed by atoms with Gasteiger partial charge in [0, 0.05) is 12.5 Å². The standard InChI is InChI=1S/C29H26ClFN2O5/c1-3-32-25(35)18-9-8-17-19(23(18)27(32)37)13-20-26(36)33(15-7-10-22(31)21(30)12-15)28(38)29(20,2)24(17)14-5-4-6-16(34)11-14/h4-8,10-12,18-20,23-24,34H,3,9,13H2,1-2H3. The number of imide groups is 2. The Hall–Kier alpha value is -3.52. The van der Waals surface area contributed by atoms with Gasteiger partial charge in [-0.15, -0.1) is 0 Å². The highest BCUT2D eigenvalue weighted by atomic mass is 35.5. The van der Waals surface area contributed by atoms with Crippen LogP contribution in [0.2, 0.25) is 5.02 Å². The summed E-state index contributed by atoms with van der Waals surface area (Å²) in [7, 11) is 0. The van der Waals surface area contributed by atoms with E-state index >= 15 is 0 Å². The van der Waals surface area contributed by atoms with Crippen molar-refractivity contribution in [2.75, 3.05) is 11.4 Å². The molecule has 0 radical (unpaired) electrons. The van der Waals surface area contributed by atoms with Crippen molar-refractivity contribution in [2.24, 2.45) is 29.1 Å². The molecule has 2 heterocycles. The molecule has 4 amide bonds. The van der Waals surface area contributed by atoms with Crippen molar-refractivity contribution >= 4 is 40.9 Å². The molecule has 9 heteroatoms. The Morgan fingerprint density at radius 2 is 1.82 bits per heavy atom. The van der Waals surface area contributed by atoms with Gasteiger partial charge in [0.25, 0.3) is 0 Å². The number of nitrogens with zero attached hydrogens (tertiary/aromatic N) is 2. The predicted molar refractivity (Wildman–Crippen MR) is 137 cm³/mol. The second-order valence-corrected chi connectivity index (χ2v) is 11.2. The molecule has 6 atom stereocenters. The fourth-order valence-electron chi connectivity index (χ4n) is 7.35. The van der Waals surface area contributed by atoms with Crippen molar-refractivity contribution < 1.29 is 28.7 Å². The Kier molecular flexibility index (Phi) is 5.54. The monoisotopic (exact) mass is 536 g/mol. The number of fused-ring (bicyclic) bond motifs is 4. The average Bonchev–Trinajstić information content (AvgIpc) is 3.25. The summed E-state index contributed by atoms with van der Waals surface area (Å²) in [5.74, 6) is -4.92. The van der Waals surface area contributed by atoms with Crippen molar-refractivity contribution in [3.8, 4) is 5.75 Å². The largest absolute Gasteiger partial charge is 0.508 e. The van der Waals surface area contributed by atoms with Crippen LogP contribution < -0.4 is 4.90 Å². The van der Waals surface area contributed by atoms with E-state index in [1.807, 2.05) is 6.08 Å². The highest BCUT2D eigenvalue weighted by molar-refractivity contribution is 6.31. The number of benzene rings is 2. The van der Waals surface area contributed by atoms with Crippen LogP contribution >= 0.6 is 11.6 Å². The molecular formula is C29H26ClFN2O5. The number of aromatic hydroxyl groups is 1. The maximum absolute atomic E-state index is 14.2. The smallest absolute Gasteiger partial charge is 0.241 e. The number of phenols is 1. The minimum absolute atomic E-state index is 0.0160. The Labute approximate surface area is 223 Å². The van der Waals surface area contributed by atoms with E-state index in [0.717, 1.165) is 16.5 Å². The fourth-order valence-corrected chi connectivity index (χ4v) is 7.52. The number of amides is 4. The van der Waals surface area contributed by atoms with Crippen LogP contribution in [0.4, 0.5) is 10.1 Å². The van der Waals surface area contributed by atoms with E-state index in [0.29, 0.717) is 12.0 Å². The number of carbonyl (C=O) groups is 4. The molecule has 2 aliphatic carbocycles. The average molecular weight is 537 g/mol. The first kappa shape index (κ1) is 24.8. The van der Waals surface area contributed by atoms with Gasteiger partial charge in [0.05, 0.1) is 33.9 Å². The van der Waals surface area contributed by atoms with Gasteiger partial charge in [-0.1, -0.05) is 35.4 Å². The summed E-state index contributed by atoms with van der Waals surface area (Å²) in [6.07, 6.45) is 2.56. The van der Waals surface area contributed by atoms with Gasteiger partial charge in [-0.2, -0.15) is 0 Å². The molecule has 2 saturated heterocycles. The second-order valence-electron chi connectivity index (χ2n) is 10.8. The van der Waals surface area contributed by atoms with Crippen LogP contribution in [0.25, 0.3) is 0 Å². The van der Waals surface area contributed by atoms with Crippen molar-refractivity contribution in [3.05, 3.63) is 70.5 Å². The molecule has 3 fully saturated rings. The van der Waals surface area contributed by atoms with Crippen LogP contribution in [0.3, 0.4) is 0 Å². The summed E-state index contributed by atoms with van der Waals surface area (Å²) >= 11 is 6.00. The number of halogens is 2. The topological polar surface area (TPSA) is 95.0 Å². The Morgan fingerprint density at radius 1 is 1.05 bits per heavy atom. The highest BCUT2D eigenvalue weighted by Crippen LogP contribution is 2.63. The Morgan fingerprint density at radius 3 is 2.50 bits per heavy atom. The molecule has 2 aliphatic heterocycles. The van der Waals surface area contributed by atoms with Gasteiger partial charge < -0.3 is 5.11 Å². The third-order valence-electron chi connectivity index (χ3n) is 9.05. The molecule has 4 aliphatic rings. The van der Waals surface area contributed by atoms with Crippen molar-refractivity contribution in [3.63, 3.8) is 0 Å². The molecule has 2 aromatic rings. The number of likely N-dealkylation sites (tertiary alicyclic amines) is 1. The summed E-state index contributed by atoms with van der Waals surface area (Å²) in [6, 6.07) is 10.3. The highest BCUT2D eigenvalue weighted by Gasteiger charge is 2.67. The lowest BCUT2D eigenvalue weighted by molar-refractivity contribution is -0.140. The van der Waals surface area contributed by atoms with Crippen LogP contribution in [0.5, 0.6) is 5.75 Å². The van der Waals surface area contributed by atoms with Crippen LogP contribution in [0.1, 0.15) is 38.2 Å². The van der Waals surface area contributed by atoms with Gasteiger partial charge in [-0.25, -0.2) is 9.29 Å². The summed E-state index contributed by atoms with van der Waals surface area (Å²) in [6.45, 7) is 3.79. The molecule has 7 nitrogen and oxygen atoms in total. The van der Waals surface area contributed by atoms with E-state index in [1.54, 1.807) is 32.0 Å². The normalized spacial score (nSPS) is 32.3. The Balaban J connectivity index is 1.53. The Bertz CT molecular complexity index is 1460. The van der Waals surface area contributed by atoms with E-state index < -0.39 is 52.6 Å². The molecule has 0 bridgehead atoms. The maximum Gasteiger partial charge on any atom is 0.241 e. The van der Waals surface area contributed by atoms with E-state index in [-0.39, 0.29) is 41.2 Å². The minimum atomic E-state index is -1.24. The van der Waals surface area contributed by atoms with Crippen molar-refractivity contribution in [2.45, 2.75) is 32.6 Å². The fraction of sp³-hybridized carbons (Fsp3) is 0.379. The number of carbonyl (C=O) groups excluding carboxylic acids is 4. The number of hydrogen-bond donors (Lipinski definition) is 1. The van der Waals surface area contributed by atoms with Crippen molar-refractivity contribution in [1.82, 2.24) is 4.90 Å². The summed E-state index contributed by atoms with van der Waals surface area (Å²) < 4.78 is 13.9. The maximum atomic E-state index is 14.2. The third-order valence-corrected chi connectivity index (χ3v) is 9.34. The lowest BCUT2D eigenvalue weighted by Gasteiger charge is -2.49. The summed E-state index contributed by atoms with van der Waals surface area (Å²) in [5.41, 5.74) is 0.429. The van der Waals surface area contributed by atoms with Crippen LogP contribution in [0, 0.1) is 34.9 Å². The number of anilines is 1. The summed E-state index contributed by atoms with van der Waals surface area (Å²) in [4.78, 5) is 57.0. The zero-order valence-corrected chi connectivity index (χ0v) is 21.6. The van der Waals surface area contributed by atoms with Gasteiger partial charge in [0.1, 0.15) is 11.6 Å². The van der Waals surface area contributed by atoms with Crippen LogP contribution in [-0.2, 0) is 19.2 Å². The molecule has 1 saturated carbocycles. The van der Waals surface area contributed by atoms with Crippen LogP contribution in [0.15, 0.2) is 54.1 Å². The molecule has 1 N–H and O–H groups in total.